The number of aromatic nitrogens is 1. The lowest BCUT2D eigenvalue weighted by Gasteiger charge is -2.35. The van der Waals surface area contributed by atoms with Crippen LogP contribution in [0.25, 0.3) is 0 Å². The first-order valence-corrected chi connectivity index (χ1v) is 13.2. The summed E-state index contributed by atoms with van der Waals surface area (Å²) in [6.45, 7) is 4.41. The van der Waals surface area contributed by atoms with Gasteiger partial charge in [0.05, 0.1) is 6.54 Å². The maximum atomic E-state index is 12.7. The van der Waals surface area contributed by atoms with E-state index in [0.29, 0.717) is 38.0 Å². The number of nitrogens with zero attached hydrogens (tertiary/aromatic N) is 2. The van der Waals surface area contributed by atoms with Gasteiger partial charge in [0.2, 0.25) is 5.91 Å². The molecule has 2 aliphatic rings. The first kappa shape index (κ1) is 26.6. The number of Topliss-reactive ketones (excluding diaryl/α,β-unsaturated/α-hetero) is 1. The molecule has 198 valence electrons. The number of aryl methyl sites for hydroxylation is 2. The molecule has 1 unspecified atom stereocenters. The van der Waals surface area contributed by atoms with Crippen molar-refractivity contribution in [2.45, 2.75) is 51.5 Å². The first-order valence-electron chi connectivity index (χ1n) is 13.2. The summed E-state index contributed by atoms with van der Waals surface area (Å²) in [6.07, 6.45) is 5.12. The van der Waals surface area contributed by atoms with Crippen LogP contribution in [-0.4, -0.2) is 65.4 Å². The third-order valence-corrected chi connectivity index (χ3v) is 7.13. The van der Waals surface area contributed by atoms with Gasteiger partial charge in [-0.2, -0.15) is 0 Å². The van der Waals surface area contributed by atoms with Gasteiger partial charge in [-0.15, -0.1) is 0 Å². The quantitative estimate of drug-likeness (QED) is 0.342. The summed E-state index contributed by atoms with van der Waals surface area (Å²) in [7, 11) is 0. The summed E-state index contributed by atoms with van der Waals surface area (Å²) in [5, 5.41) is 19.4. The van der Waals surface area contributed by atoms with Crippen LogP contribution in [0, 0.1) is 5.92 Å². The van der Waals surface area contributed by atoms with Crippen LogP contribution < -0.4 is 16.0 Å². The number of pyridine rings is 1. The molecule has 1 aromatic heterocycles. The molecule has 3 heterocycles. The van der Waals surface area contributed by atoms with Crippen LogP contribution in [0.15, 0.2) is 36.4 Å². The standard InChI is InChI=1S/C28H37N5O4/c1-19(34)18-31-23-9-6-20(7-10-23)25(28(36)37)33-16-12-22(13-17-33)27(35)30-15-3-5-24-11-8-21-4-2-14-29-26(21)32-24/h6-11,22,25,31H,2-5,12-18H2,1H3,(H,29,32)(H,30,35)(H,36,37). The van der Waals surface area contributed by atoms with E-state index >= 15 is 0 Å². The predicted molar refractivity (Wildman–Crippen MR) is 143 cm³/mol. The Hall–Kier alpha value is -3.46. The Kier molecular flexibility index (Phi) is 9.11. The van der Waals surface area contributed by atoms with Gasteiger partial charge in [-0.1, -0.05) is 18.2 Å². The van der Waals surface area contributed by atoms with Crippen molar-refractivity contribution in [3.05, 3.63) is 53.2 Å². The number of hydrogen-bond donors (Lipinski definition) is 4. The average molecular weight is 508 g/mol. The van der Waals surface area contributed by atoms with E-state index in [9.17, 15) is 19.5 Å². The number of piperidine rings is 1. The molecule has 37 heavy (non-hydrogen) atoms. The van der Waals surface area contributed by atoms with Gasteiger partial charge in [0, 0.05) is 43.5 Å². The molecule has 2 aliphatic heterocycles. The SMILES string of the molecule is CC(=O)CNc1ccc(C(C(=O)O)N2CCC(C(=O)NCCCc3ccc4c(n3)NCCC4)CC2)cc1. The van der Waals surface area contributed by atoms with Crippen molar-refractivity contribution in [3.8, 4) is 0 Å². The number of benzene rings is 1. The molecule has 0 saturated carbocycles. The summed E-state index contributed by atoms with van der Waals surface area (Å²) in [6, 6.07) is 10.6. The number of carboxylic acids is 1. The molecule has 0 spiro atoms. The van der Waals surface area contributed by atoms with Gasteiger partial charge >= 0.3 is 5.97 Å². The highest BCUT2D eigenvalue weighted by Crippen LogP contribution is 2.28. The minimum Gasteiger partial charge on any atom is -0.480 e. The van der Waals surface area contributed by atoms with E-state index in [0.717, 1.165) is 49.4 Å². The number of amides is 1. The maximum absolute atomic E-state index is 12.7. The van der Waals surface area contributed by atoms with Crippen LogP contribution in [0.4, 0.5) is 11.5 Å². The Bertz CT molecular complexity index is 1100. The molecular formula is C28H37N5O4. The molecule has 9 nitrogen and oxygen atoms in total. The number of carboxylic acid groups (broad SMARTS) is 1. The van der Waals surface area contributed by atoms with Crippen molar-refractivity contribution in [2.24, 2.45) is 5.92 Å². The van der Waals surface area contributed by atoms with Crippen molar-refractivity contribution >= 4 is 29.2 Å². The fourth-order valence-electron chi connectivity index (χ4n) is 5.07. The third kappa shape index (κ3) is 7.29. The van der Waals surface area contributed by atoms with Gasteiger partial charge in [0.1, 0.15) is 17.6 Å². The van der Waals surface area contributed by atoms with E-state index in [-0.39, 0.29) is 24.2 Å². The number of aliphatic carboxylic acids is 1. The summed E-state index contributed by atoms with van der Waals surface area (Å²) in [5.74, 6) is 0.0731. The van der Waals surface area contributed by atoms with E-state index in [1.54, 1.807) is 24.3 Å². The van der Waals surface area contributed by atoms with Crippen LogP contribution >= 0.6 is 0 Å². The lowest BCUT2D eigenvalue weighted by Crippen LogP contribution is -2.44. The molecule has 0 radical (unpaired) electrons. The number of likely N-dealkylation sites (tertiary alicyclic amines) is 1. The summed E-state index contributed by atoms with van der Waals surface area (Å²) >= 11 is 0. The number of anilines is 2. The number of ketones is 1. The van der Waals surface area contributed by atoms with Gasteiger partial charge in [-0.05, 0) is 74.8 Å². The second-order valence-corrected chi connectivity index (χ2v) is 9.96. The predicted octanol–water partition coefficient (Wildman–Crippen LogP) is 3.03. The van der Waals surface area contributed by atoms with Crippen molar-refractivity contribution in [1.82, 2.24) is 15.2 Å². The second-order valence-electron chi connectivity index (χ2n) is 9.96. The zero-order chi connectivity index (χ0) is 26.2. The fraction of sp³-hybridized carbons (Fsp3) is 0.500. The highest BCUT2D eigenvalue weighted by atomic mass is 16.4. The molecule has 1 amide bonds. The molecule has 1 atom stereocenters. The lowest BCUT2D eigenvalue weighted by molar-refractivity contribution is -0.144. The molecular weight excluding hydrogens is 470 g/mol. The molecule has 0 aliphatic carbocycles. The molecule has 4 N–H and O–H groups in total. The molecule has 4 rings (SSSR count). The van der Waals surface area contributed by atoms with Crippen LogP contribution in [0.2, 0.25) is 0 Å². The number of carbonyl (C=O) groups excluding carboxylic acids is 2. The number of rotatable bonds is 11. The summed E-state index contributed by atoms with van der Waals surface area (Å²) < 4.78 is 0. The Morgan fingerprint density at radius 3 is 2.59 bits per heavy atom. The van der Waals surface area contributed by atoms with E-state index in [4.69, 9.17) is 4.98 Å². The molecule has 1 saturated heterocycles. The summed E-state index contributed by atoms with van der Waals surface area (Å²) in [5.41, 5.74) is 3.78. The Labute approximate surface area is 218 Å². The molecule has 1 fully saturated rings. The fourth-order valence-corrected chi connectivity index (χ4v) is 5.07. The molecule has 2 aromatic rings. The first-order chi connectivity index (χ1) is 17.9. The number of hydrogen-bond acceptors (Lipinski definition) is 7. The molecule has 9 heteroatoms. The van der Waals surface area contributed by atoms with E-state index < -0.39 is 12.0 Å². The average Bonchev–Trinajstić information content (AvgIpc) is 2.90. The minimum absolute atomic E-state index is 0.0309. The van der Waals surface area contributed by atoms with Crippen LogP contribution in [0.3, 0.4) is 0 Å². The Morgan fingerprint density at radius 1 is 1.14 bits per heavy atom. The van der Waals surface area contributed by atoms with Gasteiger partial charge in [0.15, 0.2) is 0 Å². The molecule has 0 bridgehead atoms. The maximum Gasteiger partial charge on any atom is 0.325 e. The van der Waals surface area contributed by atoms with Gasteiger partial charge in [-0.25, -0.2) is 4.98 Å². The largest absolute Gasteiger partial charge is 0.480 e. The van der Waals surface area contributed by atoms with Crippen LogP contribution in [-0.2, 0) is 27.2 Å². The van der Waals surface area contributed by atoms with Gasteiger partial charge in [-0.3, -0.25) is 19.3 Å². The van der Waals surface area contributed by atoms with Crippen molar-refractivity contribution in [3.63, 3.8) is 0 Å². The van der Waals surface area contributed by atoms with E-state index in [1.165, 1.54) is 12.5 Å². The zero-order valence-corrected chi connectivity index (χ0v) is 21.5. The van der Waals surface area contributed by atoms with Crippen LogP contribution in [0.1, 0.15) is 55.5 Å². The number of nitrogens with one attached hydrogen (secondary N) is 3. The van der Waals surface area contributed by atoms with E-state index in [1.807, 2.05) is 4.90 Å². The highest BCUT2D eigenvalue weighted by molar-refractivity contribution is 5.80. The normalized spacial score (nSPS) is 16.8. The van der Waals surface area contributed by atoms with Gasteiger partial charge < -0.3 is 21.1 Å². The van der Waals surface area contributed by atoms with Crippen molar-refractivity contribution < 1.29 is 19.5 Å². The number of fused-ring (bicyclic) bond motifs is 1. The smallest absolute Gasteiger partial charge is 0.325 e. The Balaban J connectivity index is 1.21. The monoisotopic (exact) mass is 507 g/mol. The lowest BCUT2D eigenvalue weighted by atomic mass is 9.93. The van der Waals surface area contributed by atoms with Gasteiger partial charge in [0.25, 0.3) is 0 Å². The summed E-state index contributed by atoms with van der Waals surface area (Å²) in [4.78, 5) is 42.6. The molecule has 1 aromatic carbocycles. The van der Waals surface area contributed by atoms with Crippen molar-refractivity contribution in [2.75, 3.05) is 43.4 Å². The highest BCUT2D eigenvalue weighted by Gasteiger charge is 2.33. The third-order valence-electron chi connectivity index (χ3n) is 7.13. The minimum atomic E-state index is -0.904. The topological polar surface area (TPSA) is 124 Å². The van der Waals surface area contributed by atoms with Crippen LogP contribution in [0.5, 0.6) is 0 Å². The number of carbonyl (C=O) groups is 3. The zero-order valence-electron chi connectivity index (χ0n) is 21.5. The Morgan fingerprint density at radius 2 is 1.89 bits per heavy atom. The van der Waals surface area contributed by atoms with Crippen molar-refractivity contribution in [1.29, 1.82) is 0 Å². The van der Waals surface area contributed by atoms with E-state index in [2.05, 4.69) is 28.1 Å². The second kappa shape index (κ2) is 12.7.